The van der Waals surface area contributed by atoms with Crippen molar-refractivity contribution in [1.29, 1.82) is 0 Å². The van der Waals surface area contributed by atoms with Crippen LogP contribution in [0, 0.1) is 0 Å². The molecule has 0 saturated heterocycles. The fourth-order valence-corrected chi connectivity index (χ4v) is 7.14. The van der Waals surface area contributed by atoms with Crippen LogP contribution in [0.3, 0.4) is 0 Å². The Bertz CT molecular complexity index is 1990. The molecule has 0 aliphatic heterocycles. The average Bonchev–Trinajstić information content (AvgIpc) is 3.72. The van der Waals surface area contributed by atoms with E-state index in [9.17, 15) is 14.7 Å². The first kappa shape index (κ1) is 31.0. The molecule has 1 aromatic heterocycles. The number of nitrogens with one attached hydrogen (secondary N) is 1. The van der Waals surface area contributed by atoms with Crippen molar-refractivity contribution in [2.75, 3.05) is 6.61 Å². The van der Waals surface area contributed by atoms with Crippen LogP contribution < -0.4 is 5.32 Å². The third-order valence-electron chi connectivity index (χ3n) is 9.02. The molecule has 5 aromatic carbocycles. The molecule has 1 amide bonds. The standard InChI is InChI=1S/C40H32ClN3O4/c41-36-22-12-11-21-35(36)40(27-13-3-1-4-14-27,28-15-5-2-6-16-28)44-24-29(42-26-44)23-37(38(45)46)43-39(47)48-25-34-32-19-9-7-17-30(32)31-18-8-10-20-33(31)34/h1-22,24,26,34,37H,23,25H2,(H,43,47)(H,45,46). The molecular weight excluding hydrogens is 622 g/mol. The lowest BCUT2D eigenvalue weighted by Crippen LogP contribution is -2.43. The normalized spacial score (nSPS) is 12.9. The highest BCUT2D eigenvalue weighted by Crippen LogP contribution is 2.45. The summed E-state index contributed by atoms with van der Waals surface area (Å²) in [4.78, 5) is 30.1. The van der Waals surface area contributed by atoms with Crippen LogP contribution in [0.25, 0.3) is 11.1 Å². The highest BCUT2D eigenvalue weighted by atomic mass is 35.5. The number of aromatic nitrogens is 2. The molecule has 1 aliphatic rings. The summed E-state index contributed by atoms with van der Waals surface area (Å²) in [5.41, 5.74) is 6.64. The Morgan fingerprint density at radius 2 is 1.33 bits per heavy atom. The Morgan fingerprint density at radius 3 is 1.92 bits per heavy atom. The number of fused-ring (bicyclic) bond motifs is 3. The second-order valence-corrected chi connectivity index (χ2v) is 12.2. The van der Waals surface area contributed by atoms with Crippen LogP contribution in [-0.4, -0.2) is 39.4 Å². The number of carbonyl (C=O) groups is 2. The zero-order chi connectivity index (χ0) is 33.1. The first-order valence-electron chi connectivity index (χ1n) is 15.7. The van der Waals surface area contributed by atoms with Crippen molar-refractivity contribution < 1.29 is 19.4 Å². The molecule has 7 rings (SSSR count). The van der Waals surface area contributed by atoms with E-state index in [4.69, 9.17) is 16.3 Å². The van der Waals surface area contributed by atoms with E-state index in [1.54, 1.807) is 6.33 Å². The quantitative estimate of drug-likeness (QED) is 0.147. The maximum atomic E-state index is 13.0. The molecule has 0 spiro atoms. The summed E-state index contributed by atoms with van der Waals surface area (Å²) in [5.74, 6) is -1.34. The fourth-order valence-electron chi connectivity index (χ4n) is 6.87. The molecule has 1 unspecified atom stereocenters. The Kier molecular flexibility index (Phi) is 8.53. The Morgan fingerprint density at radius 1 is 0.792 bits per heavy atom. The molecule has 2 N–H and O–H groups in total. The predicted molar refractivity (Wildman–Crippen MR) is 185 cm³/mol. The molecule has 7 nitrogen and oxygen atoms in total. The summed E-state index contributed by atoms with van der Waals surface area (Å²) in [6.45, 7) is 0.0787. The van der Waals surface area contributed by atoms with Crippen molar-refractivity contribution in [3.63, 3.8) is 0 Å². The Hall–Kier alpha value is -5.66. The topological polar surface area (TPSA) is 93.5 Å². The van der Waals surface area contributed by atoms with E-state index < -0.39 is 23.6 Å². The van der Waals surface area contributed by atoms with Crippen LogP contribution in [0.5, 0.6) is 0 Å². The Labute approximate surface area is 283 Å². The summed E-state index contributed by atoms with van der Waals surface area (Å²) >= 11 is 6.91. The minimum atomic E-state index is -1.27. The average molecular weight is 654 g/mol. The van der Waals surface area contributed by atoms with Gasteiger partial charge in [0.1, 0.15) is 18.2 Å². The molecule has 0 radical (unpaired) electrons. The fraction of sp³-hybridized carbons (Fsp3) is 0.125. The predicted octanol–water partition coefficient (Wildman–Crippen LogP) is 7.91. The minimum absolute atomic E-state index is 0.0608. The van der Waals surface area contributed by atoms with Crippen LogP contribution in [0.4, 0.5) is 4.79 Å². The number of carbonyl (C=O) groups excluding carboxylic acids is 1. The summed E-state index contributed by atoms with van der Waals surface area (Å²) in [6, 6.07) is 42.4. The van der Waals surface area contributed by atoms with Crippen molar-refractivity contribution in [3.05, 3.63) is 185 Å². The van der Waals surface area contributed by atoms with Gasteiger partial charge in [-0.25, -0.2) is 14.6 Å². The number of alkyl carbamates (subject to hydrolysis) is 1. The van der Waals surface area contributed by atoms with Crippen molar-refractivity contribution in [2.24, 2.45) is 0 Å². The van der Waals surface area contributed by atoms with Crippen molar-refractivity contribution in [1.82, 2.24) is 14.9 Å². The number of hydrogen-bond acceptors (Lipinski definition) is 4. The number of aliphatic carboxylic acids is 1. The number of hydrogen-bond donors (Lipinski definition) is 2. The lowest BCUT2D eigenvalue weighted by atomic mass is 9.76. The lowest BCUT2D eigenvalue weighted by molar-refractivity contribution is -0.139. The SMILES string of the molecule is O=C(NC(Cc1cn(C(c2ccccc2)(c2ccccc2)c2ccccc2Cl)cn1)C(=O)O)OCC1c2ccccc2-c2ccccc21. The van der Waals surface area contributed by atoms with Gasteiger partial charge in [-0.05, 0) is 39.4 Å². The molecule has 6 aromatic rings. The van der Waals surface area contributed by atoms with Crippen molar-refractivity contribution in [2.45, 2.75) is 23.9 Å². The summed E-state index contributed by atoms with van der Waals surface area (Å²) < 4.78 is 7.61. The van der Waals surface area contributed by atoms with Crippen LogP contribution in [0.15, 0.2) is 146 Å². The van der Waals surface area contributed by atoms with Gasteiger partial charge in [-0.1, -0.05) is 139 Å². The maximum absolute atomic E-state index is 13.0. The van der Waals surface area contributed by atoms with Gasteiger partial charge < -0.3 is 19.7 Å². The van der Waals surface area contributed by atoms with Gasteiger partial charge in [0.15, 0.2) is 0 Å². The third-order valence-corrected chi connectivity index (χ3v) is 9.35. The summed E-state index contributed by atoms with van der Waals surface area (Å²) in [6.07, 6.45) is 2.64. The molecular formula is C40H32ClN3O4. The first-order chi connectivity index (χ1) is 23.5. The molecule has 1 atom stereocenters. The number of ether oxygens (including phenoxy) is 1. The van der Waals surface area contributed by atoms with Gasteiger partial charge in [0.2, 0.25) is 0 Å². The van der Waals surface area contributed by atoms with Gasteiger partial charge in [-0.2, -0.15) is 0 Å². The summed E-state index contributed by atoms with van der Waals surface area (Å²) in [5, 5.41) is 13.3. The second-order valence-electron chi connectivity index (χ2n) is 11.8. The molecule has 1 aliphatic carbocycles. The monoisotopic (exact) mass is 653 g/mol. The number of imidazole rings is 1. The third kappa shape index (κ3) is 5.63. The molecule has 0 fully saturated rings. The largest absolute Gasteiger partial charge is 0.480 e. The van der Waals surface area contributed by atoms with Crippen LogP contribution >= 0.6 is 11.6 Å². The van der Waals surface area contributed by atoms with Gasteiger partial charge in [0.05, 0.1) is 12.0 Å². The molecule has 238 valence electrons. The number of halogens is 1. The van der Waals surface area contributed by atoms with Crippen LogP contribution in [-0.2, 0) is 21.5 Å². The number of carboxylic acids is 1. The number of carboxylic acid groups (broad SMARTS) is 1. The van der Waals surface area contributed by atoms with Gasteiger partial charge in [-0.15, -0.1) is 0 Å². The number of nitrogens with zero attached hydrogens (tertiary/aromatic N) is 2. The number of rotatable bonds is 10. The van der Waals surface area contributed by atoms with E-state index in [2.05, 4.69) is 22.4 Å². The molecule has 48 heavy (non-hydrogen) atoms. The first-order valence-corrected chi connectivity index (χ1v) is 16.1. The van der Waals surface area contributed by atoms with Gasteiger partial charge in [0, 0.05) is 29.1 Å². The Balaban J connectivity index is 1.16. The van der Waals surface area contributed by atoms with E-state index in [0.29, 0.717) is 10.7 Å². The second kappa shape index (κ2) is 13.2. The van der Waals surface area contributed by atoms with Gasteiger partial charge >= 0.3 is 12.1 Å². The molecule has 1 heterocycles. The number of amides is 1. The van der Waals surface area contributed by atoms with Gasteiger partial charge in [-0.3, -0.25) is 0 Å². The van der Waals surface area contributed by atoms with E-state index in [-0.39, 0.29) is 18.9 Å². The lowest BCUT2D eigenvalue weighted by Gasteiger charge is -2.37. The zero-order valence-corrected chi connectivity index (χ0v) is 26.6. The van der Waals surface area contributed by atoms with Crippen LogP contribution in [0.1, 0.15) is 39.4 Å². The van der Waals surface area contributed by atoms with E-state index in [1.165, 1.54) is 0 Å². The molecule has 8 heteroatoms. The highest BCUT2D eigenvalue weighted by molar-refractivity contribution is 6.31. The van der Waals surface area contributed by atoms with E-state index >= 15 is 0 Å². The van der Waals surface area contributed by atoms with Crippen molar-refractivity contribution in [3.8, 4) is 11.1 Å². The van der Waals surface area contributed by atoms with E-state index in [1.807, 2.05) is 132 Å². The number of benzene rings is 5. The van der Waals surface area contributed by atoms with Crippen LogP contribution in [0.2, 0.25) is 5.02 Å². The van der Waals surface area contributed by atoms with E-state index in [0.717, 1.165) is 38.9 Å². The van der Waals surface area contributed by atoms with Gasteiger partial charge in [0.25, 0.3) is 0 Å². The maximum Gasteiger partial charge on any atom is 0.407 e. The molecule has 0 bridgehead atoms. The smallest absolute Gasteiger partial charge is 0.407 e. The molecule has 0 saturated carbocycles. The van der Waals surface area contributed by atoms with Crippen molar-refractivity contribution >= 4 is 23.7 Å². The zero-order valence-electron chi connectivity index (χ0n) is 25.9. The highest BCUT2D eigenvalue weighted by Gasteiger charge is 2.40. The summed E-state index contributed by atoms with van der Waals surface area (Å²) in [7, 11) is 0. The minimum Gasteiger partial charge on any atom is -0.480 e.